The van der Waals surface area contributed by atoms with Crippen LogP contribution in [0.1, 0.15) is 43.2 Å². The summed E-state index contributed by atoms with van der Waals surface area (Å²) in [6.45, 7) is 2.26. The molecule has 0 aromatic heterocycles. The maximum absolute atomic E-state index is 12.6. The second-order valence-corrected chi connectivity index (χ2v) is 9.13. The zero-order chi connectivity index (χ0) is 21.3. The Morgan fingerprint density at radius 3 is 2.34 bits per heavy atom. The summed E-state index contributed by atoms with van der Waals surface area (Å²) in [5.74, 6) is -0.248. The molecule has 0 aliphatic heterocycles. The van der Waals surface area contributed by atoms with Gasteiger partial charge in [-0.15, -0.1) is 0 Å². The smallest absolute Gasteiger partial charge is 0.240 e. The molecule has 0 unspecified atom stereocenters. The molecule has 0 bridgehead atoms. The van der Waals surface area contributed by atoms with Gasteiger partial charge in [-0.2, -0.15) is 0 Å². The lowest BCUT2D eigenvalue weighted by Gasteiger charge is -2.22. The Kier molecular flexibility index (Phi) is 9.07. The van der Waals surface area contributed by atoms with Crippen LogP contribution in [0.25, 0.3) is 0 Å². The Bertz CT molecular complexity index is 899. The number of halogens is 2. The number of carbonyl (C=O) groups excluding carboxylic acids is 1. The van der Waals surface area contributed by atoms with Crippen LogP contribution >= 0.6 is 11.6 Å². The maximum Gasteiger partial charge on any atom is 0.240 e. The molecule has 0 radical (unpaired) electrons. The number of aryl methyl sites for hydroxylation is 1. The van der Waals surface area contributed by atoms with E-state index in [4.69, 9.17) is 11.6 Å². The molecule has 1 fully saturated rings. The molecule has 2 N–H and O–H groups in total. The first-order valence-electron chi connectivity index (χ1n) is 9.52. The fourth-order valence-electron chi connectivity index (χ4n) is 3.13. The minimum atomic E-state index is -3.39. The van der Waals surface area contributed by atoms with Crippen molar-refractivity contribution < 1.29 is 17.6 Å². The van der Waals surface area contributed by atoms with Crippen molar-refractivity contribution in [3.05, 3.63) is 64.4 Å². The fraction of sp³-hybridized carbons (Fsp3) is 0.381. The maximum atomic E-state index is 12.6. The van der Waals surface area contributed by atoms with Crippen LogP contribution in [-0.2, 0) is 21.4 Å². The highest BCUT2D eigenvalue weighted by Gasteiger charge is 2.21. The molecule has 1 amide bonds. The van der Waals surface area contributed by atoms with Gasteiger partial charge in [0.05, 0.1) is 4.90 Å². The van der Waals surface area contributed by atoms with Crippen molar-refractivity contribution >= 4 is 28.0 Å². The van der Waals surface area contributed by atoms with E-state index in [2.05, 4.69) is 10.0 Å². The summed E-state index contributed by atoms with van der Waals surface area (Å²) in [5, 5.41) is 3.06. The van der Waals surface area contributed by atoms with E-state index in [1.165, 1.54) is 30.7 Å². The number of hydrogen-bond acceptors (Lipinski definition) is 3. The fourth-order valence-corrected chi connectivity index (χ4v) is 4.56. The molecule has 8 heteroatoms. The molecule has 2 aromatic rings. The van der Waals surface area contributed by atoms with Crippen molar-refractivity contribution in [2.45, 2.75) is 56.5 Å². The summed E-state index contributed by atoms with van der Waals surface area (Å²) in [4.78, 5) is 10.3. The van der Waals surface area contributed by atoms with E-state index in [0.717, 1.165) is 36.8 Å². The van der Waals surface area contributed by atoms with Crippen LogP contribution < -0.4 is 10.0 Å². The van der Waals surface area contributed by atoms with Crippen molar-refractivity contribution in [3.8, 4) is 0 Å². The highest BCUT2D eigenvalue weighted by molar-refractivity contribution is 7.89. The van der Waals surface area contributed by atoms with Gasteiger partial charge in [-0.25, -0.2) is 17.5 Å². The Morgan fingerprint density at radius 2 is 1.76 bits per heavy atom. The quantitative estimate of drug-likeness (QED) is 0.656. The standard InChI is InChI=1S/C12H16ClNO2S.C9H10FNO/c13-10-6-8-12(9-7-10)17(15,16)14-11-4-2-1-3-5-11;1-7-4-9(10)3-2-8(7)5-11-6-12/h6-9,11,14H,1-5H2;2-4,6H,5H2,1H3,(H,11,12). The second-order valence-electron chi connectivity index (χ2n) is 6.98. The molecular weight excluding hydrogens is 415 g/mol. The van der Waals surface area contributed by atoms with E-state index < -0.39 is 10.0 Å². The molecule has 5 nitrogen and oxygen atoms in total. The zero-order valence-electron chi connectivity index (χ0n) is 16.3. The third kappa shape index (κ3) is 7.76. The summed E-state index contributed by atoms with van der Waals surface area (Å²) >= 11 is 5.74. The minimum absolute atomic E-state index is 0.0874. The molecule has 0 atom stereocenters. The Hall–Kier alpha value is -1.96. The lowest BCUT2D eigenvalue weighted by atomic mass is 9.96. The molecule has 29 heavy (non-hydrogen) atoms. The summed E-state index contributed by atoms with van der Waals surface area (Å²) in [7, 11) is -3.39. The average Bonchev–Trinajstić information content (AvgIpc) is 2.69. The second kappa shape index (κ2) is 11.3. The van der Waals surface area contributed by atoms with Gasteiger partial charge in [-0.3, -0.25) is 4.79 Å². The van der Waals surface area contributed by atoms with Crippen LogP contribution in [0.2, 0.25) is 5.02 Å². The van der Waals surface area contributed by atoms with Crippen molar-refractivity contribution in [2.24, 2.45) is 0 Å². The summed E-state index contributed by atoms with van der Waals surface area (Å²) < 4.78 is 39.5. The number of sulfonamides is 1. The van der Waals surface area contributed by atoms with Gasteiger partial charge in [0.1, 0.15) is 5.82 Å². The van der Waals surface area contributed by atoms with Gasteiger partial charge in [0.2, 0.25) is 16.4 Å². The Labute approximate surface area is 176 Å². The van der Waals surface area contributed by atoms with Crippen molar-refractivity contribution in [3.63, 3.8) is 0 Å². The SMILES string of the molecule is Cc1cc(F)ccc1CNC=O.O=S(=O)(NC1CCCCC1)c1ccc(Cl)cc1. The van der Waals surface area contributed by atoms with E-state index in [9.17, 15) is 17.6 Å². The predicted octanol–water partition coefficient (Wildman–Crippen LogP) is 4.33. The van der Waals surface area contributed by atoms with E-state index in [1.54, 1.807) is 18.2 Å². The minimum Gasteiger partial charge on any atom is -0.355 e. The predicted molar refractivity (Wildman–Crippen MR) is 113 cm³/mol. The molecule has 1 aliphatic carbocycles. The third-order valence-electron chi connectivity index (χ3n) is 4.73. The molecule has 158 valence electrons. The number of rotatable bonds is 6. The average molecular weight is 441 g/mol. The lowest BCUT2D eigenvalue weighted by Crippen LogP contribution is -2.36. The van der Waals surface area contributed by atoms with Crippen molar-refractivity contribution in [1.82, 2.24) is 10.0 Å². The molecule has 2 aromatic carbocycles. The molecule has 0 heterocycles. The highest BCUT2D eigenvalue weighted by atomic mass is 35.5. The molecular formula is C21H26ClFN2O3S. The topological polar surface area (TPSA) is 75.3 Å². The van der Waals surface area contributed by atoms with Crippen LogP contribution in [0.5, 0.6) is 0 Å². The number of amides is 1. The summed E-state index contributed by atoms with van der Waals surface area (Å²) in [6, 6.07) is 10.8. The number of nitrogens with one attached hydrogen (secondary N) is 2. The van der Waals surface area contributed by atoms with Crippen molar-refractivity contribution in [2.75, 3.05) is 0 Å². The van der Waals surface area contributed by atoms with E-state index in [0.29, 0.717) is 18.0 Å². The Morgan fingerprint density at radius 1 is 1.10 bits per heavy atom. The van der Waals surface area contributed by atoms with Crippen LogP contribution in [0, 0.1) is 12.7 Å². The van der Waals surface area contributed by atoms with Gasteiger partial charge in [0, 0.05) is 17.6 Å². The first-order chi connectivity index (χ1) is 13.8. The highest BCUT2D eigenvalue weighted by Crippen LogP contribution is 2.20. The van der Waals surface area contributed by atoms with Gasteiger partial charge in [0.15, 0.2) is 0 Å². The molecule has 0 spiro atoms. The van der Waals surface area contributed by atoms with Gasteiger partial charge >= 0.3 is 0 Å². The molecule has 3 rings (SSSR count). The number of hydrogen-bond donors (Lipinski definition) is 2. The van der Waals surface area contributed by atoms with Gasteiger partial charge in [-0.1, -0.05) is 36.9 Å². The van der Waals surface area contributed by atoms with Crippen molar-refractivity contribution in [1.29, 1.82) is 0 Å². The summed E-state index contributed by atoms with van der Waals surface area (Å²) in [5.41, 5.74) is 1.79. The normalized spacial score (nSPS) is 14.6. The van der Waals surface area contributed by atoms with Crippen LogP contribution in [-0.4, -0.2) is 20.9 Å². The van der Waals surface area contributed by atoms with Crippen LogP contribution in [0.3, 0.4) is 0 Å². The van der Waals surface area contributed by atoms with Gasteiger partial charge in [0.25, 0.3) is 0 Å². The van der Waals surface area contributed by atoms with Gasteiger partial charge in [-0.05, 0) is 67.3 Å². The van der Waals surface area contributed by atoms with E-state index in [-0.39, 0.29) is 16.8 Å². The third-order valence-corrected chi connectivity index (χ3v) is 6.52. The van der Waals surface area contributed by atoms with Gasteiger partial charge < -0.3 is 5.32 Å². The molecule has 0 saturated heterocycles. The van der Waals surface area contributed by atoms with E-state index in [1.807, 2.05) is 6.92 Å². The number of carbonyl (C=O) groups is 1. The first kappa shape index (κ1) is 23.3. The van der Waals surface area contributed by atoms with E-state index >= 15 is 0 Å². The first-order valence-corrected chi connectivity index (χ1v) is 11.4. The van der Waals surface area contributed by atoms with Crippen LogP contribution in [0.4, 0.5) is 4.39 Å². The monoisotopic (exact) mass is 440 g/mol. The molecule has 1 aliphatic rings. The Balaban J connectivity index is 0.000000221. The lowest BCUT2D eigenvalue weighted by molar-refractivity contribution is -0.109. The number of benzene rings is 2. The zero-order valence-corrected chi connectivity index (χ0v) is 17.9. The molecule has 1 saturated carbocycles. The largest absolute Gasteiger partial charge is 0.355 e. The summed E-state index contributed by atoms with van der Waals surface area (Å²) in [6.07, 6.45) is 5.92. The van der Waals surface area contributed by atoms with Crippen LogP contribution in [0.15, 0.2) is 47.4 Å².